The van der Waals surface area contributed by atoms with Gasteiger partial charge in [0, 0.05) is 10.4 Å². The minimum atomic E-state index is -0.635. The van der Waals surface area contributed by atoms with Gasteiger partial charge in [-0.05, 0) is 39.0 Å². The number of halogens is 1. The number of rotatable bonds is 4. The Morgan fingerprint density at radius 3 is 2.71 bits per heavy atom. The van der Waals surface area contributed by atoms with Gasteiger partial charge >= 0.3 is 0 Å². The van der Waals surface area contributed by atoms with E-state index in [1.165, 1.54) is 23.5 Å². The van der Waals surface area contributed by atoms with E-state index in [-0.39, 0.29) is 11.7 Å². The minimum Gasteiger partial charge on any atom is -0.341 e. The van der Waals surface area contributed by atoms with Crippen LogP contribution in [0, 0.1) is 12.7 Å². The molecule has 2 rings (SSSR count). The number of carbonyl (C=O) groups is 1. The van der Waals surface area contributed by atoms with Gasteiger partial charge in [-0.1, -0.05) is 18.7 Å². The largest absolute Gasteiger partial charge is 0.341 e. The topological polar surface area (TPSA) is 42.0 Å². The maximum absolute atomic E-state index is 13.9. The summed E-state index contributed by atoms with van der Waals surface area (Å²) in [7, 11) is 0. The molecule has 1 aromatic carbocycles. The number of nitrogens with zero attached hydrogens (tertiary/aromatic N) is 1. The van der Waals surface area contributed by atoms with Crippen LogP contribution < -0.4 is 5.32 Å². The first-order chi connectivity index (χ1) is 9.85. The molecule has 2 aromatic rings. The Kier molecular flexibility index (Phi) is 4.23. The standard InChI is InChI=1S/C16H17FN2OS/c1-5-13(20)19-16(3,4)15-18-14(10(2)21-15)11-8-6-7-9-12(11)17/h5-9H,1H2,2-4H3,(H,19,20). The molecule has 21 heavy (non-hydrogen) atoms. The summed E-state index contributed by atoms with van der Waals surface area (Å²) < 4.78 is 13.9. The van der Waals surface area contributed by atoms with Crippen molar-refractivity contribution in [3.63, 3.8) is 0 Å². The van der Waals surface area contributed by atoms with Gasteiger partial charge in [-0.3, -0.25) is 4.79 Å². The van der Waals surface area contributed by atoms with Gasteiger partial charge in [0.1, 0.15) is 10.8 Å². The van der Waals surface area contributed by atoms with E-state index in [0.717, 1.165) is 9.88 Å². The molecular formula is C16H17FN2OS. The Hall–Kier alpha value is -2.01. The Morgan fingerprint density at radius 2 is 2.10 bits per heavy atom. The molecule has 0 saturated heterocycles. The van der Waals surface area contributed by atoms with E-state index in [0.29, 0.717) is 11.3 Å². The molecule has 0 saturated carbocycles. The van der Waals surface area contributed by atoms with Crippen molar-refractivity contribution >= 4 is 17.2 Å². The van der Waals surface area contributed by atoms with E-state index >= 15 is 0 Å². The summed E-state index contributed by atoms with van der Waals surface area (Å²) in [5.74, 6) is -0.564. The SMILES string of the molecule is C=CC(=O)NC(C)(C)c1nc(-c2ccccc2F)c(C)s1. The molecule has 0 atom stereocenters. The van der Waals surface area contributed by atoms with E-state index < -0.39 is 5.54 Å². The Bertz CT molecular complexity index is 691. The van der Waals surface area contributed by atoms with Crippen LogP contribution in [0.1, 0.15) is 23.7 Å². The molecule has 0 spiro atoms. The van der Waals surface area contributed by atoms with Crippen molar-refractivity contribution in [3.05, 3.63) is 52.6 Å². The first-order valence-electron chi connectivity index (χ1n) is 6.52. The number of hydrogen-bond acceptors (Lipinski definition) is 3. The van der Waals surface area contributed by atoms with Crippen LogP contribution in [0.2, 0.25) is 0 Å². The van der Waals surface area contributed by atoms with Crippen molar-refractivity contribution in [3.8, 4) is 11.3 Å². The van der Waals surface area contributed by atoms with E-state index in [9.17, 15) is 9.18 Å². The van der Waals surface area contributed by atoms with Crippen molar-refractivity contribution in [1.29, 1.82) is 0 Å². The normalized spacial score (nSPS) is 11.2. The minimum absolute atomic E-state index is 0.264. The highest BCUT2D eigenvalue weighted by atomic mass is 32.1. The lowest BCUT2D eigenvalue weighted by Gasteiger charge is -2.22. The summed E-state index contributed by atoms with van der Waals surface area (Å²) in [6.07, 6.45) is 1.22. The number of amides is 1. The van der Waals surface area contributed by atoms with Crippen molar-refractivity contribution in [2.24, 2.45) is 0 Å². The molecule has 0 fully saturated rings. The maximum Gasteiger partial charge on any atom is 0.244 e. The zero-order chi connectivity index (χ0) is 15.6. The van der Waals surface area contributed by atoms with Crippen LogP contribution in [-0.2, 0) is 10.3 Å². The average molecular weight is 304 g/mol. The fourth-order valence-electron chi connectivity index (χ4n) is 1.98. The predicted octanol–water partition coefficient (Wildman–Crippen LogP) is 3.79. The Balaban J connectivity index is 2.42. The highest BCUT2D eigenvalue weighted by Gasteiger charge is 2.27. The smallest absolute Gasteiger partial charge is 0.244 e. The number of aryl methyl sites for hydroxylation is 1. The number of benzene rings is 1. The molecule has 0 aliphatic carbocycles. The van der Waals surface area contributed by atoms with Gasteiger partial charge in [-0.25, -0.2) is 9.37 Å². The summed E-state index contributed by atoms with van der Waals surface area (Å²) in [4.78, 5) is 16.9. The first-order valence-corrected chi connectivity index (χ1v) is 7.34. The number of thiazole rings is 1. The summed E-state index contributed by atoms with van der Waals surface area (Å²) in [6, 6.07) is 6.55. The van der Waals surface area contributed by atoms with E-state index in [4.69, 9.17) is 0 Å². The molecule has 0 radical (unpaired) electrons. The fourth-order valence-corrected chi connectivity index (χ4v) is 2.96. The molecule has 0 bridgehead atoms. The highest BCUT2D eigenvalue weighted by molar-refractivity contribution is 7.12. The monoisotopic (exact) mass is 304 g/mol. The third-order valence-electron chi connectivity index (χ3n) is 3.08. The molecule has 5 heteroatoms. The van der Waals surface area contributed by atoms with E-state index in [2.05, 4.69) is 16.9 Å². The lowest BCUT2D eigenvalue weighted by atomic mass is 10.1. The average Bonchev–Trinajstić information content (AvgIpc) is 2.81. The molecule has 1 N–H and O–H groups in total. The number of aromatic nitrogens is 1. The van der Waals surface area contributed by atoms with Crippen molar-refractivity contribution in [1.82, 2.24) is 10.3 Å². The fraction of sp³-hybridized carbons (Fsp3) is 0.250. The molecule has 3 nitrogen and oxygen atoms in total. The quantitative estimate of drug-likeness (QED) is 0.873. The number of carbonyl (C=O) groups excluding carboxylic acids is 1. The third-order valence-corrected chi connectivity index (χ3v) is 4.38. The zero-order valence-electron chi connectivity index (χ0n) is 12.2. The van der Waals surface area contributed by atoms with Gasteiger partial charge in [0.05, 0.1) is 11.2 Å². The van der Waals surface area contributed by atoms with Crippen LogP contribution in [0.3, 0.4) is 0 Å². The van der Waals surface area contributed by atoms with Crippen molar-refractivity contribution in [2.45, 2.75) is 26.3 Å². The second kappa shape index (κ2) is 5.77. The molecule has 0 aliphatic rings. The molecular weight excluding hydrogens is 287 g/mol. The summed E-state index contributed by atoms with van der Waals surface area (Å²) in [5.41, 5.74) is 0.460. The molecule has 110 valence electrons. The number of nitrogens with one attached hydrogen (secondary N) is 1. The zero-order valence-corrected chi connectivity index (χ0v) is 13.1. The van der Waals surface area contributed by atoms with Gasteiger partial charge in [0.15, 0.2) is 0 Å². The summed E-state index contributed by atoms with van der Waals surface area (Å²) >= 11 is 1.45. The van der Waals surface area contributed by atoms with Crippen LogP contribution in [0.5, 0.6) is 0 Å². The summed E-state index contributed by atoms with van der Waals surface area (Å²) in [5, 5.41) is 3.56. The van der Waals surface area contributed by atoms with Crippen LogP contribution in [-0.4, -0.2) is 10.9 Å². The van der Waals surface area contributed by atoms with Crippen LogP contribution in [0.25, 0.3) is 11.3 Å². The predicted molar refractivity (Wildman–Crippen MR) is 83.6 cm³/mol. The van der Waals surface area contributed by atoms with Gasteiger partial charge in [-0.2, -0.15) is 0 Å². The third kappa shape index (κ3) is 3.19. The second-order valence-electron chi connectivity index (χ2n) is 5.22. The second-order valence-corrected chi connectivity index (χ2v) is 6.43. The molecule has 0 unspecified atom stereocenters. The van der Waals surface area contributed by atoms with Crippen molar-refractivity contribution in [2.75, 3.05) is 0 Å². The van der Waals surface area contributed by atoms with Crippen molar-refractivity contribution < 1.29 is 9.18 Å². The first kappa shape index (κ1) is 15.4. The molecule has 1 heterocycles. The van der Waals surface area contributed by atoms with Crippen LogP contribution >= 0.6 is 11.3 Å². The van der Waals surface area contributed by atoms with Gasteiger partial charge in [0.2, 0.25) is 5.91 Å². The van der Waals surface area contributed by atoms with Crippen LogP contribution in [0.4, 0.5) is 4.39 Å². The Morgan fingerprint density at radius 1 is 1.43 bits per heavy atom. The van der Waals surface area contributed by atoms with Crippen LogP contribution in [0.15, 0.2) is 36.9 Å². The molecule has 0 aliphatic heterocycles. The van der Waals surface area contributed by atoms with Gasteiger partial charge < -0.3 is 5.32 Å². The lowest BCUT2D eigenvalue weighted by Crippen LogP contribution is -2.39. The lowest BCUT2D eigenvalue weighted by molar-refractivity contribution is -0.118. The van der Waals surface area contributed by atoms with E-state index in [1.807, 2.05) is 20.8 Å². The summed E-state index contributed by atoms with van der Waals surface area (Å²) in [6.45, 7) is 9.06. The molecule has 1 amide bonds. The highest BCUT2D eigenvalue weighted by Crippen LogP contribution is 2.33. The Labute approximate surface area is 127 Å². The maximum atomic E-state index is 13.9. The molecule has 1 aromatic heterocycles. The van der Waals surface area contributed by atoms with Gasteiger partial charge in [0.25, 0.3) is 0 Å². The van der Waals surface area contributed by atoms with Gasteiger partial charge in [-0.15, -0.1) is 11.3 Å². The van der Waals surface area contributed by atoms with E-state index in [1.54, 1.807) is 18.2 Å². The number of hydrogen-bond donors (Lipinski definition) is 1.